The van der Waals surface area contributed by atoms with Gasteiger partial charge in [0.25, 0.3) is 0 Å². The molecule has 0 aliphatic heterocycles. The zero-order chi connectivity index (χ0) is 13.7. The van der Waals surface area contributed by atoms with Crippen molar-refractivity contribution in [1.82, 2.24) is 0 Å². The number of nitriles is 1. The van der Waals surface area contributed by atoms with Crippen molar-refractivity contribution < 1.29 is 0 Å². The Kier molecular flexibility index (Phi) is 4.43. The lowest BCUT2D eigenvalue weighted by Gasteiger charge is -2.08. The van der Waals surface area contributed by atoms with Crippen molar-refractivity contribution in [3.05, 3.63) is 45.6 Å². The molecule has 2 rings (SSSR count). The summed E-state index contributed by atoms with van der Waals surface area (Å²) in [6, 6.07) is 12.2. The molecular weight excluding hydrogens is 254 g/mol. The van der Waals surface area contributed by atoms with E-state index in [9.17, 15) is 0 Å². The Labute approximate surface area is 117 Å². The van der Waals surface area contributed by atoms with Gasteiger partial charge in [-0.3, -0.25) is 0 Å². The molecule has 0 fully saturated rings. The van der Waals surface area contributed by atoms with Gasteiger partial charge >= 0.3 is 0 Å². The fraction of sp³-hybridized carbons (Fsp3) is 0.267. The van der Waals surface area contributed by atoms with E-state index in [1.807, 2.05) is 29.5 Å². The minimum absolute atomic E-state index is 0.348. The summed E-state index contributed by atoms with van der Waals surface area (Å²) in [5, 5.41) is 12.1. The van der Waals surface area contributed by atoms with Crippen LogP contribution in [0.2, 0.25) is 0 Å². The molecule has 1 aromatic heterocycles. The second kappa shape index (κ2) is 6.26. The van der Waals surface area contributed by atoms with Gasteiger partial charge in [-0.2, -0.15) is 5.26 Å². The smallest absolute Gasteiger partial charge is 0.0670 e. The first-order chi connectivity index (χ1) is 9.22. The summed E-state index contributed by atoms with van der Waals surface area (Å²) in [5.74, 6) is 0. The molecule has 4 heteroatoms. The summed E-state index contributed by atoms with van der Waals surface area (Å²) in [4.78, 5) is 2.72. The normalized spacial score (nSPS) is 10.1. The van der Waals surface area contributed by atoms with Crippen LogP contribution in [0.3, 0.4) is 0 Å². The lowest BCUT2D eigenvalue weighted by Crippen LogP contribution is -2.00. The highest BCUT2D eigenvalue weighted by Gasteiger charge is 2.02. The highest BCUT2D eigenvalue weighted by molar-refractivity contribution is 7.12. The second-order valence-electron chi connectivity index (χ2n) is 4.32. The SMILES string of the molecule is CCc1ccc(CNc2ccc(N)c(CC#N)c2)s1. The van der Waals surface area contributed by atoms with Crippen LogP contribution in [0.1, 0.15) is 22.2 Å². The molecule has 1 aromatic carbocycles. The number of nitrogens with zero attached hydrogens (tertiary/aromatic N) is 1. The number of anilines is 2. The number of thiophene rings is 1. The molecule has 0 atom stereocenters. The average Bonchev–Trinajstić information content (AvgIpc) is 2.88. The third-order valence-corrected chi connectivity index (χ3v) is 4.17. The van der Waals surface area contributed by atoms with Crippen LogP contribution in [0.4, 0.5) is 11.4 Å². The van der Waals surface area contributed by atoms with Gasteiger partial charge < -0.3 is 11.1 Å². The van der Waals surface area contributed by atoms with Gasteiger partial charge in [-0.1, -0.05) is 6.92 Å². The standard InChI is InChI=1S/C15H17N3S/c1-2-13-4-5-14(19-13)10-18-12-3-6-15(17)11(9-12)7-8-16/h3-6,9,18H,2,7,10,17H2,1H3. The average molecular weight is 271 g/mol. The minimum Gasteiger partial charge on any atom is -0.398 e. The van der Waals surface area contributed by atoms with Crippen LogP contribution in [-0.2, 0) is 19.4 Å². The maximum Gasteiger partial charge on any atom is 0.0670 e. The van der Waals surface area contributed by atoms with Crippen LogP contribution in [-0.4, -0.2) is 0 Å². The second-order valence-corrected chi connectivity index (χ2v) is 5.58. The predicted molar refractivity (Wildman–Crippen MR) is 81.2 cm³/mol. The van der Waals surface area contributed by atoms with Crippen molar-refractivity contribution in [1.29, 1.82) is 5.26 Å². The molecule has 0 radical (unpaired) electrons. The molecule has 1 heterocycles. The number of nitrogen functional groups attached to an aromatic ring is 1. The molecule has 19 heavy (non-hydrogen) atoms. The summed E-state index contributed by atoms with van der Waals surface area (Å²) >= 11 is 1.83. The van der Waals surface area contributed by atoms with E-state index in [2.05, 4.69) is 30.4 Å². The van der Waals surface area contributed by atoms with Crippen molar-refractivity contribution in [3.63, 3.8) is 0 Å². The zero-order valence-electron chi connectivity index (χ0n) is 10.9. The van der Waals surface area contributed by atoms with Crippen LogP contribution in [0, 0.1) is 11.3 Å². The first kappa shape index (κ1) is 13.4. The van der Waals surface area contributed by atoms with E-state index in [0.717, 1.165) is 24.2 Å². The number of rotatable bonds is 5. The van der Waals surface area contributed by atoms with E-state index in [-0.39, 0.29) is 0 Å². The van der Waals surface area contributed by atoms with Gasteiger partial charge in [0.05, 0.1) is 12.5 Å². The van der Waals surface area contributed by atoms with Crippen molar-refractivity contribution in [3.8, 4) is 6.07 Å². The highest BCUT2D eigenvalue weighted by Crippen LogP contribution is 2.21. The Morgan fingerprint density at radius 3 is 2.74 bits per heavy atom. The number of hydrogen-bond donors (Lipinski definition) is 2. The van der Waals surface area contributed by atoms with Crippen LogP contribution < -0.4 is 11.1 Å². The topological polar surface area (TPSA) is 61.8 Å². The van der Waals surface area contributed by atoms with Gasteiger partial charge in [0.2, 0.25) is 0 Å². The summed E-state index contributed by atoms with van der Waals surface area (Å²) < 4.78 is 0. The number of benzene rings is 1. The Hall–Kier alpha value is -1.99. The molecule has 0 aliphatic carbocycles. The maximum absolute atomic E-state index is 8.75. The van der Waals surface area contributed by atoms with Gasteiger partial charge in [0, 0.05) is 27.7 Å². The fourth-order valence-corrected chi connectivity index (χ4v) is 2.75. The molecule has 0 saturated heterocycles. The molecule has 0 saturated carbocycles. The molecule has 98 valence electrons. The van der Waals surface area contributed by atoms with Crippen molar-refractivity contribution in [2.24, 2.45) is 0 Å². The fourth-order valence-electron chi connectivity index (χ4n) is 1.85. The van der Waals surface area contributed by atoms with Crippen LogP contribution in [0.15, 0.2) is 30.3 Å². The zero-order valence-corrected chi connectivity index (χ0v) is 11.8. The van der Waals surface area contributed by atoms with E-state index in [1.165, 1.54) is 9.75 Å². The quantitative estimate of drug-likeness (QED) is 0.817. The van der Waals surface area contributed by atoms with Gasteiger partial charge in [-0.25, -0.2) is 0 Å². The van der Waals surface area contributed by atoms with E-state index < -0.39 is 0 Å². The monoisotopic (exact) mass is 271 g/mol. The Morgan fingerprint density at radius 1 is 1.26 bits per heavy atom. The summed E-state index contributed by atoms with van der Waals surface area (Å²) in [6.07, 6.45) is 1.43. The van der Waals surface area contributed by atoms with Gasteiger partial charge in [0.1, 0.15) is 0 Å². The van der Waals surface area contributed by atoms with Crippen LogP contribution >= 0.6 is 11.3 Å². The minimum atomic E-state index is 0.348. The van der Waals surface area contributed by atoms with Gasteiger partial charge in [0.15, 0.2) is 0 Å². The highest BCUT2D eigenvalue weighted by atomic mass is 32.1. The maximum atomic E-state index is 8.75. The molecule has 2 aromatic rings. The molecule has 0 unspecified atom stereocenters. The first-order valence-corrected chi connectivity index (χ1v) is 7.11. The number of nitrogens with one attached hydrogen (secondary N) is 1. The molecule has 0 spiro atoms. The number of nitrogens with two attached hydrogens (primary N) is 1. The van der Waals surface area contributed by atoms with Crippen molar-refractivity contribution >= 4 is 22.7 Å². The summed E-state index contributed by atoms with van der Waals surface area (Å²) in [7, 11) is 0. The van der Waals surface area contributed by atoms with Crippen molar-refractivity contribution in [2.45, 2.75) is 26.3 Å². The number of hydrogen-bond acceptors (Lipinski definition) is 4. The molecular formula is C15H17N3S. The molecule has 0 aliphatic rings. The molecule has 0 bridgehead atoms. The van der Waals surface area contributed by atoms with E-state index in [4.69, 9.17) is 11.0 Å². The van der Waals surface area contributed by atoms with Crippen molar-refractivity contribution in [2.75, 3.05) is 11.1 Å². The summed E-state index contributed by atoms with van der Waals surface area (Å²) in [5.41, 5.74) is 8.39. The summed E-state index contributed by atoms with van der Waals surface area (Å²) in [6.45, 7) is 2.97. The molecule has 0 amide bonds. The lowest BCUT2D eigenvalue weighted by molar-refractivity contribution is 1.18. The van der Waals surface area contributed by atoms with E-state index >= 15 is 0 Å². The van der Waals surface area contributed by atoms with Crippen LogP contribution in [0.25, 0.3) is 0 Å². The van der Waals surface area contributed by atoms with Gasteiger partial charge in [-0.05, 0) is 42.3 Å². The third kappa shape index (κ3) is 3.49. The largest absolute Gasteiger partial charge is 0.398 e. The Morgan fingerprint density at radius 2 is 2.05 bits per heavy atom. The predicted octanol–water partition coefficient (Wildman–Crippen LogP) is 3.57. The lowest BCUT2D eigenvalue weighted by atomic mass is 10.1. The van der Waals surface area contributed by atoms with Crippen LogP contribution in [0.5, 0.6) is 0 Å². The molecule has 3 N–H and O–H groups in total. The Bertz CT molecular complexity index is 596. The Balaban J connectivity index is 2.03. The number of aryl methyl sites for hydroxylation is 1. The third-order valence-electron chi connectivity index (χ3n) is 2.94. The van der Waals surface area contributed by atoms with Gasteiger partial charge in [-0.15, -0.1) is 11.3 Å². The van der Waals surface area contributed by atoms with E-state index in [0.29, 0.717) is 12.1 Å². The first-order valence-electron chi connectivity index (χ1n) is 6.29. The molecule has 3 nitrogen and oxygen atoms in total. The van der Waals surface area contributed by atoms with E-state index in [1.54, 1.807) is 0 Å².